The Kier molecular flexibility index (Phi) is 6.46. The maximum Gasteiger partial charge on any atom is 0.227 e. The van der Waals surface area contributed by atoms with E-state index < -0.39 is 0 Å². The van der Waals surface area contributed by atoms with E-state index in [-0.39, 0.29) is 17.7 Å². The molecule has 0 saturated carbocycles. The van der Waals surface area contributed by atoms with Gasteiger partial charge in [0.25, 0.3) is 0 Å². The van der Waals surface area contributed by atoms with Crippen molar-refractivity contribution in [3.63, 3.8) is 0 Å². The van der Waals surface area contributed by atoms with Crippen molar-refractivity contribution in [1.82, 2.24) is 9.88 Å². The van der Waals surface area contributed by atoms with Crippen LogP contribution in [-0.4, -0.2) is 55.0 Å². The van der Waals surface area contributed by atoms with Gasteiger partial charge in [0.15, 0.2) is 5.13 Å². The van der Waals surface area contributed by atoms with E-state index in [1.165, 1.54) is 4.88 Å². The van der Waals surface area contributed by atoms with Crippen LogP contribution in [0.25, 0.3) is 0 Å². The van der Waals surface area contributed by atoms with E-state index in [1.807, 2.05) is 36.9 Å². The fourth-order valence-corrected chi connectivity index (χ4v) is 5.47. The summed E-state index contributed by atoms with van der Waals surface area (Å²) in [5, 5.41) is 4.12. The molecule has 1 N–H and O–H groups in total. The number of piperazine rings is 1. The molecule has 0 radical (unpaired) electrons. The molecular formula is C23H30N4O3S. The predicted molar refractivity (Wildman–Crippen MR) is 123 cm³/mol. The van der Waals surface area contributed by atoms with Crippen molar-refractivity contribution in [3.05, 3.63) is 34.3 Å². The number of hydrogen-bond donors (Lipinski definition) is 1. The SMILES string of the molecule is CCC(=O)N1CCN(c2nc3c(s2)C[C@@H](C(=O)Nc2ccc(OC)cc2C)CC3)CC1. The second-order valence-electron chi connectivity index (χ2n) is 8.20. The number of amides is 2. The van der Waals surface area contributed by atoms with Gasteiger partial charge in [-0.05, 0) is 49.9 Å². The highest BCUT2D eigenvalue weighted by Crippen LogP contribution is 2.35. The summed E-state index contributed by atoms with van der Waals surface area (Å²) in [6, 6.07) is 5.69. The van der Waals surface area contributed by atoms with Gasteiger partial charge < -0.3 is 19.9 Å². The first kappa shape index (κ1) is 21.6. The quantitative estimate of drug-likeness (QED) is 0.769. The molecule has 166 valence electrons. The van der Waals surface area contributed by atoms with Crippen LogP contribution in [0.1, 0.15) is 35.9 Å². The number of nitrogens with zero attached hydrogens (tertiary/aromatic N) is 3. The van der Waals surface area contributed by atoms with Crippen LogP contribution in [0.3, 0.4) is 0 Å². The summed E-state index contributed by atoms with van der Waals surface area (Å²) in [6.07, 6.45) is 2.95. The Morgan fingerprint density at radius 3 is 2.71 bits per heavy atom. The highest BCUT2D eigenvalue weighted by Gasteiger charge is 2.30. The van der Waals surface area contributed by atoms with Crippen molar-refractivity contribution in [2.75, 3.05) is 43.5 Å². The first-order chi connectivity index (χ1) is 15.0. The minimum Gasteiger partial charge on any atom is -0.497 e. The zero-order chi connectivity index (χ0) is 22.0. The van der Waals surface area contributed by atoms with E-state index in [1.54, 1.807) is 18.4 Å². The largest absolute Gasteiger partial charge is 0.497 e. The van der Waals surface area contributed by atoms with Crippen LogP contribution in [0.2, 0.25) is 0 Å². The van der Waals surface area contributed by atoms with Gasteiger partial charge in [-0.3, -0.25) is 9.59 Å². The number of carbonyl (C=O) groups excluding carboxylic acids is 2. The standard InChI is InChI=1S/C23H30N4O3S/c1-4-21(28)26-9-11-27(12-10-26)23-25-19-7-5-16(14-20(19)31-23)22(29)24-18-8-6-17(30-3)13-15(18)2/h6,8,13,16H,4-5,7,9-12,14H2,1-3H3,(H,24,29)/t16-/m0/s1. The minimum absolute atomic E-state index is 0.0404. The lowest BCUT2D eigenvalue weighted by atomic mass is 9.90. The van der Waals surface area contributed by atoms with Crippen molar-refractivity contribution in [2.45, 2.75) is 39.5 Å². The maximum atomic E-state index is 12.9. The van der Waals surface area contributed by atoms with E-state index >= 15 is 0 Å². The highest BCUT2D eigenvalue weighted by atomic mass is 32.1. The topological polar surface area (TPSA) is 74.8 Å². The number of anilines is 2. The summed E-state index contributed by atoms with van der Waals surface area (Å²) < 4.78 is 5.24. The first-order valence-electron chi connectivity index (χ1n) is 10.9. The van der Waals surface area contributed by atoms with Gasteiger partial charge in [-0.1, -0.05) is 6.92 Å². The summed E-state index contributed by atoms with van der Waals surface area (Å²) in [7, 11) is 1.64. The number of aryl methyl sites for hydroxylation is 2. The lowest BCUT2D eigenvalue weighted by molar-refractivity contribution is -0.131. The molecule has 0 spiro atoms. The summed E-state index contributed by atoms with van der Waals surface area (Å²) in [4.78, 5) is 35.1. The molecule has 31 heavy (non-hydrogen) atoms. The summed E-state index contributed by atoms with van der Waals surface area (Å²) in [5.41, 5.74) is 2.96. The van der Waals surface area contributed by atoms with Gasteiger partial charge in [0, 0.05) is 49.1 Å². The zero-order valence-corrected chi connectivity index (χ0v) is 19.3. The second-order valence-corrected chi connectivity index (χ2v) is 9.26. The van der Waals surface area contributed by atoms with E-state index in [4.69, 9.17) is 9.72 Å². The molecule has 1 atom stereocenters. The molecule has 1 fully saturated rings. The molecule has 8 heteroatoms. The van der Waals surface area contributed by atoms with Crippen LogP contribution >= 0.6 is 11.3 Å². The molecular weight excluding hydrogens is 412 g/mol. The van der Waals surface area contributed by atoms with Crippen LogP contribution in [-0.2, 0) is 22.4 Å². The van der Waals surface area contributed by atoms with Crippen molar-refractivity contribution in [2.24, 2.45) is 5.92 Å². The summed E-state index contributed by atoms with van der Waals surface area (Å²) in [5.74, 6) is 1.04. The third-order valence-corrected chi connectivity index (χ3v) is 7.38. The number of fused-ring (bicyclic) bond motifs is 1. The van der Waals surface area contributed by atoms with Gasteiger partial charge in [0.05, 0.1) is 12.8 Å². The van der Waals surface area contributed by atoms with Gasteiger partial charge >= 0.3 is 0 Å². The fraction of sp³-hybridized carbons (Fsp3) is 0.522. The van der Waals surface area contributed by atoms with Crippen LogP contribution < -0.4 is 15.0 Å². The van der Waals surface area contributed by atoms with E-state index in [2.05, 4.69) is 10.2 Å². The lowest BCUT2D eigenvalue weighted by Gasteiger charge is -2.34. The van der Waals surface area contributed by atoms with Crippen molar-refractivity contribution >= 4 is 34.0 Å². The van der Waals surface area contributed by atoms with Gasteiger partial charge in [-0.2, -0.15) is 0 Å². The van der Waals surface area contributed by atoms with Crippen molar-refractivity contribution < 1.29 is 14.3 Å². The molecule has 0 bridgehead atoms. The second kappa shape index (κ2) is 9.26. The fourth-order valence-electron chi connectivity index (χ4n) is 4.23. The van der Waals surface area contributed by atoms with Crippen LogP contribution in [0.15, 0.2) is 18.2 Å². The third-order valence-electron chi connectivity index (χ3n) is 6.20. The Hall–Kier alpha value is -2.61. The molecule has 4 rings (SSSR count). The molecule has 7 nitrogen and oxygen atoms in total. The van der Waals surface area contributed by atoms with Crippen LogP contribution in [0.4, 0.5) is 10.8 Å². The number of ether oxygens (including phenoxy) is 1. The Balaban J connectivity index is 1.38. The van der Waals surface area contributed by atoms with Crippen LogP contribution in [0, 0.1) is 12.8 Å². The molecule has 1 aromatic carbocycles. The van der Waals surface area contributed by atoms with Gasteiger partial charge in [0.1, 0.15) is 5.75 Å². The van der Waals surface area contributed by atoms with Gasteiger partial charge in [-0.15, -0.1) is 11.3 Å². The van der Waals surface area contributed by atoms with Crippen molar-refractivity contribution in [1.29, 1.82) is 0 Å². The van der Waals surface area contributed by atoms with Crippen molar-refractivity contribution in [3.8, 4) is 5.75 Å². The predicted octanol–water partition coefficient (Wildman–Crippen LogP) is 3.26. The number of benzene rings is 1. The number of aromatic nitrogens is 1. The Morgan fingerprint density at radius 2 is 2.03 bits per heavy atom. The number of hydrogen-bond acceptors (Lipinski definition) is 6. The number of nitrogens with one attached hydrogen (secondary N) is 1. The number of methoxy groups -OCH3 is 1. The molecule has 2 amide bonds. The first-order valence-corrected chi connectivity index (χ1v) is 11.8. The molecule has 1 aromatic heterocycles. The molecule has 1 aliphatic carbocycles. The third kappa shape index (κ3) is 4.69. The van der Waals surface area contributed by atoms with E-state index in [9.17, 15) is 9.59 Å². The average molecular weight is 443 g/mol. The molecule has 2 aliphatic rings. The number of thiazole rings is 1. The summed E-state index contributed by atoms with van der Waals surface area (Å²) in [6.45, 7) is 7.02. The average Bonchev–Trinajstić information content (AvgIpc) is 3.23. The minimum atomic E-state index is -0.0404. The normalized spacial score (nSPS) is 18.5. The van der Waals surface area contributed by atoms with E-state index in [0.29, 0.717) is 6.42 Å². The zero-order valence-electron chi connectivity index (χ0n) is 18.4. The van der Waals surface area contributed by atoms with E-state index in [0.717, 1.165) is 73.3 Å². The molecule has 2 aromatic rings. The lowest BCUT2D eigenvalue weighted by Crippen LogP contribution is -2.48. The van der Waals surface area contributed by atoms with Gasteiger partial charge in [0.2, 0.25) is 11.8 Å². The van der Waals surface area contributed by atoms with Crippen LogP contribution in [0.5, 0.6) is 5.75 Å². The van der Waals surface area contributed by atoms with Gasteiger partial charge in [-0.25, -0.2) is 4.98 Å². The Morgan fingerprint density at radius 1 is 1.26 bits per heavy atom. The number of rotatable bonds is 5. The molecule has 0 unspecified atom stereocenters. The monoisotopic (exact) mass is 442 g/mol. The molecule has 1 aliphatic heterocycles. The Bertz CT molecular complexity index is 966. The number of carbonyl (C=O) groups is 2. The molecule has 2 heterocycles. The Labute approximate surface area is 187 Å². The molecule has 1 saturated heterocycles. The summed E-state index contributed by atoms with van der Waals surface area (Å²) >= 11 is 1.71. The smallest absolute Gasteiger partial charge is 0.227 e. The highest BCUT2D eigenvalue weighted by molar-refractivity contribution is 7.15. The maximum absolute atomic E-state index is 12.9.